The Balaban J connectivity index is 1.58. The van der Waals surface area contributed by atoms with E-state index in [1.807, 2.05) is 36.4 Å². The minimum absolute atomic E-state index is 0.524. The standard InChI is InChI=1S/C23H25NO3/c1-25-21-11-8-18(9-12-21)15-24-16-20-10-13-22(26-2)23(14-20)27-17-19-6-4-3-5-7-19/h3-14,24H,15-17H2,1-2H3/p+1. The van der Waals surface area contributed by atoms with E-state index < -0.39 is 0 Å². The van der Waals surface area contributed by atoms with Crippen LogP contribution in [0.1, 0.15) is 16.7 Å². The van der Waals surface area contributed by atoms with Gasteiger partial charge in [0.25, 0.3) is 0 Å². The maximum Gasteiger partial charge on any atom is 0.162 e. The van der Waals surface area contributed by atoms with Gasteiger partial charge in [-0.15, -0.1) is 0 Å². The highest BCUT2D eigenvalue weighted by Gasteiger charge is 2.08. The van der Waals surface area contributed by atoms with Crippen molar-refractivity contribution < 1.29 is 19.5 Å². The third-order valence-corrected chi connectivity index (χ3v) is 4.38. The molecule has 0 amide bonds. The lowest BCUT2D eigenvalue weighted by molar-refractivity contribution is -0.686. The van der Waals surface area contributed by atoms with Crippen molar-refractivity contribution in [1.82, 2.24) is 0 Å². The van der Waals surface area contributed by atoms with Gasteiger partial charge in [-0.05, 0) is 48.0 Å². The first-order valence-electron chi connectivity index (χ1n) is 9.06. The van der Waals surface area contributed by atoms with Gasteiger partial charge in [0.1, 0.15) is 25.4 Å². The van der Waals surface area contributed by atoms with Crippen molar-refractivity contribution >= 4 is 0 Å². The number of ether oxygens (including phenoxy) is 3. The second kappa shape index (κ2) is 9.64. The van der Waals surface area contributed by atoms with Gasteiger partial charge in [-0.3, -0.25) is 0 Å². The molecule has 0 atom stereocenters. The summed E-state index contributed by atoms with van der Waals surface area (Å²) in [6, 6.07) is 24.4. The van der Waals surface area contributed by atoms with Crippen molar-refractivity contribution in [3.63, 3.8) is 0 Å². The summed E-state index contributed by atoms with van der Waals surface area (Å²) in [6.45, 7) is 2.31. The normalized spacial score (nSPS) is 10.4. The van der Waals surface area contributed by atoms with Crippen LogP contribution in [-0.2, 0) is 19.7 Å². The molecule has 0 aliphatic rings. The molecule has 0 heterocycles. The molecule has 0 aliphatic carbocycles. The van der Waals surface area contributed by atoms with Crippen molar-refractivity contribution in [2.75, 3.05) is 14.2 Å². The Kier molecular flexibility index (Phi) is 6.72. The zero-order chi connectivity index (χ0) is 18.9. The van der Waals surface area contributed by atoms with E-state index in [1.165, 1.54) is 11.1 Å². The highest BCUT2D eigenvalue weighted by Crippen LogP contribution is 2.28. The second-order valence-corrected chi connectivity index (χ2v) is 6.30. The highest BCUT2D eigenvalue weighted by molar-refractivity contribution is 5.43. The van der Waals surface area contributed by atoms with Gasteiger partial charge in [0.05, 0.1) is 14.2 Å². The van der Waals surface area contributed by atoms with E-state index in [1.54, 1.807) is 14.2 Å². The summed E-state index contributed by atoms with van der Waals surface area (Å²) in [5.41, 5.74) is 3.60. The average molecular weight is 364 g/mol. The van der Waals surface area contributed by atoms with E-state index in [9.17, 15) is 0 Å². The third kappa shape index (κ3) is 5.50. The fourth-order valence-electron chi connectivity index (χ4n) is 2.86. The van der Waals surface area contributed by atoms with E-state index in [0.29, 0.717) is 6.61 Å². The molecular weight excluding hydrogens is 338 g/mol. The maximum absolute atomic E-state index is 5.99. The molecule has 27 heavy (non-hydrogen) atoms. The molecule has 0 spiro atoms. The molecular formula is C23H26NO3+. The monoisotopic (exact) mass is 364 g/mol. The molecule has 0 saturated heterocycles. The van der Waals surface area contributed by atoms with Crippen LogP contribution in [-0.4, -0.2) is 14.2 Å². The molecule has 0 fully saturated rings. The SMILES string of the molecule is COc1ccc(C[NH2+]Cc2ccc(OC)c(OCc3ccccc3)c2)cc1. The highest BCUT2D eigenvalue weighted by atomic mass is 16.5. The summed E-state index contributed by atoms with van der Waals surface area (Å²) in [4.78, 5) is 0. The van der Waals surface area contributed by atoms with Gasteiger partial charge in [0.2, 0.25) is 0 Å². The van der Waals surface area contributed by atoms with Gasteiger partial charge in [-0.2, -0.15) is 0 Å². The fraction of sp³-hybridized carbons (Fsp3) is 0.217. The Morgan fingerprint density at radius 2 is 1.37 bits per heavy atom. The molecule has 0 radical (unpaired) electrons. The Hall–Kier alpha value is -2.98. The molecule has 0 unspecified atom stereocenters. The van der Waals surface area contributed by atoms with Crippen LogP contribution in [0.15, 0.2) is 72.8 Å². The topological polar surface area (TPSA) is 44.3 Å². The molecule has 2 N–H and O–H groups in total. The summed E-state index contributed by atoms with van der Waals surface area (Å²) in [5.74, 6) is 2.41. The van der Waals surface area contributed by atoms with Crippen LogP contribution in [0, 0.1) is 0 Å². The Bertz CT molecular complexity index is 832. The molecule has 0 saturated carbocycles. The lowest BCUT2D eigenvalue weighted by Crippen LogP contribution is -2.80. The molecule has 3 aromatic rings. The summed E-state index contributed by atoms with van der Waals surface area (Å²) in [7, 11) is 3.35. The van der Waals surface area contributed by atoms with Crippen LogP contribution < -0.4 is 19.5 Å². The minimum Gasteiger partial charge on any atom is -0.497 e. The number of rotatable bonds is 9. The van der Waals surface area contributed by atoms with Crippen LogP contribution >= 0.6 is 0 Å². The van der Waals surface area contributed by atoms with E-state index in [4.69, 9.17) is 14.2 Å². The number of methoxy groups -OCH3 is 2. The van der Waals surface area contributed by atoms with Crippen molar-refractivity contribution in [2.24, 2.45) is 0 Å². The van der Waals surface area contributed by atoms with Gasteiger partial charge in [-0.25, -0.2) is 0 Å². The smallest absolute Gasteiger partial charge is 0.162 e. The Morgan fingerprint density at radius 1 is 0.667 bits per heavy atom. The first-order chi connectivity index (χ1) is 13.3. The largest absolute Gasteiger partial charge is 0.497 e. The molecule has 140 valence electrons. The molecule has 3 rings (SSSR count). The summed E-state index contributed by atoms with van der Waals surface area (Å²) in [5, 5.41) is 2.27. The lowest BCUT2D eigenvalue weighted by Gasteiger charge is -2.12. The van der Waals surface area contributed by atoms with Crippen LogP contribution in [0.4, 0.5) is 0 Å². The van der Waals surface area contributed by atoms with Gasteiger partial charge in [0.15, 0.2) is 11.5 Å². The number of nitrogens with two attached hydrogens (primary N) is 1. The summed E-state index contributed by atoms with van der Waals surface area (Å²) in [6.07, 6.45) is 0. The number of hydrogen-bond donors (Lipinski definition) is 1. The first kappa shape index (κ1) is 18.8. The van der Waals surface area contributed by atoms with Crippen molar-refractivity contribution in [1.29, 1.82) is 0 Å². The van der Waals surface area contributed by atoms with E-state index >= 15 is 0 Å². The van der Waals surface area contributed by atoms with E-state index in [2.05, 4.69) is 41.7 Å². The van der Waals surface area contributed by atoms with E-state index in [0.717, 1.165) is 35.9 Å². The van der Waals surface area contributed by atoms with Crippen molar-refractivity contribution in [3.05, 3.63) is 89.5 Å². The molecule has 0 aliphatic heterocycles. The average Bonchev–Trinajstić information content (AvgIpc) is 2.73. The zero-order valence-corrected chi connectivity index (χ0v) is 15.9. The van der Waals surface area contributed by atoms with Gasteiger partial charge >= 0.3 is 0 Å². The first-order valence-corrected chi connectivity index (χ1v) is 9.06. The maximum atomic E-state index is 5.99. The van der Waals surface area contributed by atoms with Crippen LogP contribution in [0.25, 0.3) is 0 Å². The molecule has 4 nitrogen and oxygen atoms in total. The summed E-state index contributed by atoms with van der Waals surface area (Å²) >= 11 is 0. The predicted molar refractivity (Wildman–Crippen MR) is 106 cm³/mol. The number of benzene rings is 3. The quantitative estimate of drug-likeness (QED) is 0.632. The number of quaternary nitrogens is 1. The Morgan fingerprint density at radius 3 is 2.07 bits per heavy atom. The molecule has 0 bridgehead atoms. The lowest BCUT2D eigenvalue weighted by atomic mass is 10.1. The van der Waals surface area contributed by atoms with Crippen LogP contribution in [0.3, 0.4) is 0 Å². The van der Waals surface area contributed by atoms with Crippen LogP contribution in [0.2, 0.25) is 0 Å². The van der Waals surface area contributed by atoms with Crippen LogP contribution in [0.5, 0.6) is 17.2 Å². The molecule has 3 aromatic carbocycles. The second-order valence-electron chi connectivity index (χ2n) is 6.30. The van der Waals surface area contributed by atoms with Gasteiger partial charge < -0.3 is 19.5 Å². The van der Waals surface area contributed by atoms with Gasteiger partial charge in [0, 0.05) is 11.1 Å². The van der Waals surface area contributed by atoms with Crippen molar-refractivity contribution in [3.8, 4) is 17.2 Å². The minimum atomic E-state index is 0.524. The van der Waals surface area contributed by atoms with E-state index in [-0.39, 0.29) is 0 Å². The number of hydrogen-bond acceptors (Lipinski definition) is 3. The van der Waals surface area contributed by atoms with Gasteiger partial charge in [-0.1, -0.05) is 30.3 Å². The fourth-order valence-corrected chi connectivity index (χ4v) is 2.86. The summed E-state index contributed by atoms with van der Waals surface area (Å²) < 4.78 is 16.6. The third-order valence-electron chi connectivity index (χ3n) is 4.38. The molecule has 4 heteroatoms. The van der Waals surface area contributed by atoms with Crippen molar-refractivity contribution in [2.45, 2.75) is 19.7 Å². The predicted octanol–water partition coefficient (Wildman–Crippen LogP) is 3.55. The molecule has 0 aromatic heterocycles. The zero-order valence-electron chi connectivity index (χ0n) is 15.9. The Labute approximate surface area is 160 Å².